The number of rotatable bonds is 8. The lowest BCUT2D eigenvalue weighted by Crippen LogP contribution is -2.29. The van der Waals surface area contributed by atoms with E-state index in [4.69, 9.17) is 23.9 Å². The number of halogens is 1. The maximum atomic E-state index is 14.0. The van der Waals surface area contributed by atoms with E-state index in [9.17, 15) is 9.59 Å². The normalized spacial score (nSPS) is 15.3. The van der Waals surface area contributed by atoms with Crippen LogP contribution in [0.2, 0.25) is 0 Å². The van der Waals surface area contributed by atoms with Gasteiger partial charge in [0.15, 0.2) is 18.1 Å². The molecule has 1 N–H and O–H groups in total. The summed E-state index contributed by atoms with van der Waals surface area (Å²) in [6, 6.07) is 17.0. The number of hydrogen-bond donors (Lipinski definition) is 1. The molecular weight excluding hydrogens is 648 g/mol. The highest BCUT2D eigenvalue weighted by atomic mass is 79.9. The Kier molecular flexibility index (Phi) is 9.72. The van der Waals surface area contributed by atoms with Crippen molar-refractivity contribution in [2.24, 2.45) is 11.3 Å². The van der Waals surface area contributed by atoms with Crippen molar-refractivity contribution in [1.82, 2.24) is 4.98 Å². The molecule has 3 aromatic carbocycles. The van der Waals surface area contributed by atoms with Crippen LogP contribution in [0.15, 0.2) is 59.1 Å². The second kappa shape index (κ2) is 13.5. The predicted octanol–water partition coefficient (Wildman–Crippen LogP) is 8.28. The number of allylic oxidation sites excluding steroid dienone is 1. The van der Waals surface area contributed by atoms with Crippen molar-refractivity contribution in [1.29, 1.82) is 0 Å². The Morgan fingerprint density at radius 3 is 2.30 bits per heavy atom. The lowest BCUT2D eigenvalue weighted by Gasteiger charge is -2.36. The number of nitrogens with zero attached hydrogens (tertiary/aromatic N) is 1. The zero-order chi connectivity index (χ0) is 33.2. The molecule has 1 aliphatic rings. The quantitative estimate of drug-likeness (QED) is 0.186. The molecule has 240 valence electrons. The standard InChI is InChI=1S/C37H39BrN2O6/c1-21-12-13-29(27(38)14-21)39-32(41)20-46-36(42)33-25-10-8-9-11-28(25)40-34-23(18-24(19-26(33)34)37(2,3)4)15-22-16-30(43-5)35(45-7)31(17-22)44-6/h8-17,24H,18-20H2,1-7H3,(H,39,41)/b23-15-/t24-/m1/s1. The Morgan fingerprint density at radius 2 is 1.67 bits per heavy atom. The molecule has 9 heteroatoms. The number of benzene rings is 3. The molecule has 1 heterocycles. The van der Waals surface area contributed by atoms with Gasteiger partial charge in [-0.2, -0.15) is 0 Å². The fraction of sp³-hybridized carbons (Fsp3) is 0.324. The second-order valence-electron chi connectivity index (χ2n) is 12.5. The number of amides is 1. The molecule has 1 atom stereocenters. The number of aromatic nitrogens is 1. The Morgan fingerprint density at radius 1 is 0.978 bits per heavy atom. The van der Waals surface area contributed by atoms with Crippen LogP contribution in [0.5, 0.6) is 17.2 Å². The molecule has 0 spiro atoms. The molecule has 0 fully saturated rings. The van der Waals surface area contributed by atoms with Crippen molar-refractivity contribution in [3.8, 4) is 17.2 Å². The molecule has 1 aliphatic carbocycles. The number of nitrogens with one attached hydrogen (secondary N) is 1. The van der Waals surface area contributed by atoms with Crippen LogP contribution < -0.4 is 19.5 Å². The molecule has 0 aliphatic heterocycles. The van der Waals surface area contributed by atoms with E-state index < -0.39 is 18.5 Å². The maximum Gasteiger partial charge on any atom is 0.339 e. The van der Waals surface area contributed by atoms with Gasteiger partial charge in [-0.15, -0.1) is 0 Å². The van der Waals surface area contributed by atoms with Gasteiger partial charge < -0.3 is 24.3 Å². The number of esters is 1. The largest absolute Gasteiger partial charge is 0.493 e. The third-order valence-electron chi connectivity index (χ3n) is 8.40. The van der Waals surface area contributed by atoms with Gasteiger partial charge in [0.2, 0.25) is 5.75 Å². The molecule has 0 bridgehead atoms. The number of carbonyl (C=O) groups excluding carboxylic acids is 2. The Hall–Kier alpha value is -4.37. The summed E-state index contributed by atoms with van der Waals surface area (Å²) in [6.45, 7) is 8.16. The second-order valence-corrected chi connectivity index (χ2v) is 13.4. The number of ether oxygens (including phenoxy) is 4. The van der Waals surface area contributed by atoms with E-state index >= 15 is 0 Å². The Bertz CT molecular complexity index is 1820. The van der Waals surface area contributed by atoms with Crippen molar-refractivity contribution >= 4 is 56.0 Å². The minimum atomic E-state index is -0.560. The maximum absolute atomic E-state index is 14.0. The number of methoxy groups -OCH3 is 3. The molecule has 0 saturated carbocycles. The topological polar surface area (TPSA) is 96.0 Å². The minimum Gasteiger partial charge on any atom is -0.493 e. The van der Waals surface area contributed by atoms with Gasteiger partial charge in [-0.25, -0.2) is 9.78 Å². The summed E-state index contributed by atoms with van der Waals surface area (Å²) >= 11 is 3.48. The lowest BCUT2D eigenvalue weighted by molar-refractivity contribution is -0.119. The van der Waals surface area contributed by atoms with E-state index in [0.717, 1.165) is 38.9 Å². The number of carbonyl (C=O) groups is 2. The number of anilines is 1. The third-order valence-corrected chi connectivity index (χ3v) is 9.06. The van der Waals surface area contributed by atoms with E-state index in [0.29, 0.717) is 45.8 Å². The fourth-order valence-electron chi connectivity index (χ4n) is 5.87. The van der Waals surface area contributed by atoms with Crippen LogP contribution in [0, 0.1) is 18.3 Å². The van der Waals surface area contributed by atoms with E-state index in [-0.39, 0.29) is 11.3 Å². The zero-order valence-electron chi connectivity index (χ0n) is 27.2. The van der Waals surface area contributed by atoms with E-state index in [1.807, 2.05) is 55.5 Å². The Balaban J connectivity index is 1.58. The van der Waals surface area contributed by atoms with Crippen LogP contribution in [0.1, 0.15) is 59.9 Å². The van der Waals surface area contributed by atoms with Gasteiger partial charge >= 0.3 is 5.97 Å². The fourth-order valence-corrected chi connectivity index (χ4v) is 6.46. The van der Waals surface area contributed by atoms with Crippen LogP contribution in [0.3, 0.4) is 0 Å². The summed E-state index contributed by atoms with van der Waals surface area (Å²) in [6.07, 6.45) is 3.46. The summed E-state index contributed by atoms with van der Waals surface area (Å²) in [7, 11) is 4.75. The van der Waals surface area contributed by atoms with Gasteiger partial charge in [-0.3, -0.25) is 4.79 Å². The average Bonchev–Trinajstić information content (AvgIpc) is 3.02. The zero-order valence-corrected chi connectivity index (χ0v) is 28.8. The molecule has 0 radical (unpaired) electrons. The van der Waals surface area contributed by atoms with Crippen molar-refractivity contribution in [3.05, 3.63) is 87.0 Å². The van der Waals surface area contributed by atoms with Gasteiger partial charge in [0, 0.05) is 9.86 Å². The highest BCUT2D eigenvalue weighted by molar-refractivity contribution is 9.10. The highest BCUT2D eigenvalue weighted by Crippen LogP contribution is 2.46. The van der Waals surface area contributed by atoms with Gasteiger partial charge in [0.05, 0.1) is 43.8 Å². The van der Waals surface area contributed by atoms with E-state index in [1.165, 1.54) is 0 Å². The summed E-state index contributed by atoms with van der Waals surface area (Å²) in [5.41, 5.74) is 6.09. The summed E-state index contributed by atoms with van der Waals surface area (Å²) in [5, 5.41) is 3.51. The van der Waals surface area contributed by atoms with Crippen LogP contribution >= 0.6 is 15.9 Å². The third kappa shape index (κ3) is 6.89. The van der Waals surface area contributed by atoms with Crippen LogP contribution in [-0.4, -0.2) is 44.8 Å². The molecule has 0 saturated heterocycles. The molecule has 1 aromatic heterocycles. The monoisotopic (exact) mass is 686 g/mol. The van der Waals surface area contributed by atoms with Gasteiger partial charge in [-0.05, 0) is 106 Å². The summed E-state index contributed by atoms with van der Waals surface area (Å²) in [4.78, 5) is 31.9. The van der Waals surface area contributed by atoms with Crippen LogP contribution in [0.25, 0.3) is 22.6 Å². The van der Waals surface area contributed by atoms with Crippen molar-refractivity contribution in [2.45, 2.75) is 40.5 Å². The molecule has 8 nitrogen and oxygen atoms in total. The van der Waals surface area contributed by atoms with E-state index in [1.54, 1.807) is 27.4 Å². The van der Waals surface area contributed by atoms with Crippen molar-refractivity contribution in [2.75, 3.05) is 33.3 Å². The molecular formula is C37H39BrN2O6. The number of fused-ring (bicyclic) bond motifs is 2. The number of aryl methyl sites for hydroxylation is 1. The molecule has 5 rings (SSSR count). The summed E-state index contributed by atoms with van der Waals surface area (Å²) in [5.74, 6) is 0.810. The van der Waals surface area contributed by atoms with Gasteiger partial charge in [0.1, 0.15) is 0 Å². The first-order valence-corrected chi connectivity index (χ1v) is 15.9. The smallest absolute Gasteiger partial charge is 0.339 e. The Labute approximate surface area is 278 Å². The van der Waals surface area contributed by atoms with Crippen LogP contribution in [0.4, 0.5) is 5.69 Å². The van der Waals surface area contributed by atoms with E-state index in [2.05, 4.69) is 48.1 Å². The van der Waals surface area contributed by atoms with Crippen LogP contribution in [-0.2, 0) is 16.0 Å². The minimum absolute atomic E-state index is 0.0692. The van der Waals surface area contributed by atoms with Gasteiger partial charge in [0.25, 0.3) is 5.91 Å². The van der Waals surface area contributed by atoms with Crippen molar-refractivity contribution < 1.29 is 28.5 Å². The predicted molar refractivity (Wildman–Crippen MR) is 185 cm³/mol. The molecule has 1 amide bonds. The lowest BCUT2D eigenvalue weighted by atomic mass is 9.69. The number of pyridine rings is 1. The average molecular weight is 688 g/mol. The SMILES string of the molecule is COc1cc(/C=C2/C[C@@H](C(C)(C)C)Cc3c2nc2ccccc2c3C(=O)OCC(=O)Nc2ccc(C)cc2Br)cc(OC)c1OC. The first-order valence-electron chi connectivity index (χ1n) is 15.1. The number of hydrogen-bond acceptors (Lipinski definition) is 7. The van der Waals surface area contributed by atoms with Crippen molar-refractivity contribution in [3.63, 3.8) is 0 Å². The van der Waals surface area contributed by atoms with Gasteiger partial charge in [-0.1, -0.05) is 45.0 Å². The molecule has 46 heavy (non-hydrogen) atoms. The molecule has 0 unspecified atom stereocenters. The summed E-state index contributed by atoms with van der Waals surface area (Å²) < 4.78 is 23.2. The number of para-hydroxylation sites is 1. The first-order chi connectivity index (χ1) is 21.9. The molecule has 4 aromatic rings. The highest BCUT2D eigenvalue weighted by Gasteiger charge is 2.35. The first kappa shape index (κ1) is 33.0.